The van der Waals surface area contributed by atoms with Crippen LogP contribution in [0.1, 0.15) is 11.1 Å². The molecule has 0 bridgehead atoms. The number of rotatable bonds is 4. The van der Waals surface area contributed by atoms with E-state index in [1.54, 1.807) is 0 Å². The monoisotopic (exact) mass is 699 g/mol. The van der Waals surface area contributed by atoms with Gasteiger partial charge in [-0.3, -0.25) is 0 Å². The molecule has 0 fully saturated rings. The fourth-order valence-corrected chi connectivity index (χ4v) is 8.83. The summed E-state index contributed by atoms with van der Waals surface area (Å²) in [5, 5.41) is 27.4. The lowest BCUT2D eigenvalue weighted by Crippen LogP contribution is -2.00. The van der Waals surface area contributed by atoms with Crippen LogP contribution in [-0.4, -0.2) is 13.7 Å². The van der Waals surface area contributed by atoms with E-state index in [0.29, 0.717) is 11.1 Å². The number of nitriles is 2. The Kier molecular flexibility index (Phi) is 6.61. The molecule has 11 aromatic rings. The Morgan fingerprint density at radius 2 is 0.873 bits per heavy atom. The zero-order chi connectivity index (χ0) is 36.6. The number of benzene rings is 8. The van der Waals surface area contributed by atoms with Gasteiger partial charge in [-0.05, 0) is 78.4 Å². The summed E-state index contributed by atoms with van der Waals surface area (Å²) in [4.78, 5) is 0. The number of aromatic nitrogens is 3. The van der Waals surface area contributed by atoms with Gasteiger partial charge < -0.3 is 13.7 Å². The van der Waals surface area contributed by atoms with Crippen LogP contribution in [0, 0.1) is 22.7 Å². The third-order valence-corrected chi connectivity index (χ3v) is 11.1. The molecule has 0 atom stereocenters. The van der Waals surface area contributed by atoms with E-state index >= 15 is 0 Å². The van der Waals surface area contributed by atoms with Crippen LogP contribution in [0.4, 0.5) is 0 Å². The normalized spacial score (nSPS) is 11.6. The number of hydrogen-bond acceptors (Lipinski definition) is 2. The summed E-state index contributed by atoms with van der Waals surface area (Å²) in [6, 6.07) is 66.0. The van der Waals surface area contributed by atoms with Gasteiger partial charge in [0.25, 0.3) is 0 Å². The fourth-order valence-electron chi connectivity index (χ4n) is 8.83. The Balaban J connectivity index is 1.11. The molecule has 8 aromatic carbocycles. The van der Waals surface area contributed by atoms with Crippen molar-refractivity contribution in [2.75, 3.05) is 0 Å². The second-order valence-corrected chi connectivity index (χ2v) is 13.9. The highest BCUT2D eigenvalue weighted by Crippen LogP contribution is 2.40. The van der Waals surface area contributed by atoms with Gasteiger partial charge in [-0.1, -0.05) is 103 Å². The molecular formula is C50H29N5. The molecular weight excluding hydrogens is 671 g/mol. The van der Waals surface area contributed by atoms with Crippen LogP contribution in [0.15, 0.2) is 176 Å². The van der Waals surface area contributed by atoms with Crippen molar-refractivity contribution in [1.82, 2.24) is 13.7 Å². The summed E-state index contributed by atoms with van der Waals surface area (Å²) in [7, 11) is 0. The maximum absolute atomic E-state index is 10.7. The van der Waals surface area contributed by atoms with Gasteiger partial charge in [0.15, 0.2) is 0 Å². The Hall–Kier alpha value is -7.86. The van der Waals surface area contributed by atoms with E-state index in [4.69, 9.17) is 0 Å². The van der Waals surface area contributed by atoms with Crippen molar-refractivity contribution >= 4 is 65.4 Å². The minimum atomic E-state index is 0.551. The summed E-state index contributed by atoms with van der Waals surface area (Å²) in [6.07, 6.45) is 0. The number of hydrogen-bond donors (Lipinski definition) is 0. The standard InChI is InChI=1S/C50H29N5/c51-30-33-12-11-23-49-50(33)40-17-5-10-22-47(40)54(49)42-26-24-32(28-34(42)31-52)36-13-1-6-18-43(36)55-46-21-9-4-16-39(46)41-29-35(25-27-48(41)55)53-44-19-7-2-14-37(44)38-15-3-8-20-45(38)53/h1-29H. The van der Waals surface area contributed by atoms with Crippen LogP contribution in [-0.2, 0) is 0 Å². The zero-order valence-corrected chi connectivity index (χ0v) is 29.5. The van der Waals surface area contributed by atoms with E-state index in [2.05, 4.69) is 153 Å². The van der Waals surface area contributed by atoms with Crippen molar-refractivity contribution in [3.63, 3.8) is 0 Å². The van der Waals surface area contributed by atoms with Crippen LogP contribution in [0.3, 0.4) is 0 Å². The largest absolute Gasteiger partial charge is 0.309 e. The van der Waals surface area contributed by atoms with Gasteiger partial charge in [-0.25, -0.2) is 0 Å². The van der Waals surface area contributed by atoms with Crippen LogP contribution in [0.25, 0.3) is 93.6 Å². The summed E-state index contributed by atoms with van der Waals surface area (Å²) in [5.41, 5.74) is 12.5. The number of fused-ring (bicyclic) bond motifs is 9. The van der Waals surface area contributed by atoms with Crippen molar-refractivity contribution in [3.05, 3.63) is 187 Å². The van der Waals surface area contributed by atoms with Gasteiger partial charge >= 0.3 is 0 Å². The molecule has 254 valence electrons. The van der Waals surface area contributed by atoms with E-state index in [9.17, 15) is 10.5 Å². The first-order valence-corrected chi connectivity index (χ1v) is 18.3. The van der Waals surface area contributed by atoms with Crippen molar-refractivity contribution in [2.45, 2.75) is 0 Å². The van der Waals surface area contributed by atoms with Crippen LogP contribution in [0.2, 0.25) is 0 Å². The molecule has 3 heterocycles. The molecule has 0 amide bonds. The fraction of sp³-hybridized carbons (Fsp3) is 0. The van der Waals surface area contributed by atoms with Gasteiger partial charge in [-0.15, -0.1) is 0 Å². The second kappa shape index (κ2) is 11.8. The SMILES string of the molecule is N#Cc1cc(-c2ccccc2-n2c3ccccc3c3cc(-n4c5ccccc5c5ccccc54)ccc32)ccc1-n1c2ccccc2c2c(C#N)cccc21. The van der Waals surface area contributed by atoms with Crippen molar-refractivity contribution < 1.29 is 0 Å². The Morgan fingerprint density at radius 1 is 0.345 bits per heavy atom. The van der Waals surface area contributed by atoms with E-state index < -0.39 is 0 Å². The third-order valence-electron chi connectivity index (χ3n) is 11.1. The zero-order valence-electron chi connectivity index (χ0n) is 29.5. The quantitative estimate of drug-likeness (QED) is 0.184. The van der Waals surface area contributed by atoms with E-state index in [0.717, 1.165) is 61.0 Å². The van der Waals surface area contributed by atoms with Gasteiger partial charge in [0.05, 0.1) is 61.7 Å². The average molecular weight is 700 g/mol. The molecule has 0 N–H and O–H groups in total. The van der Waals surface area contributed by atoms with Gasteiger partial charge in [0, 0.05) is 43.6 Å². The Labute approximate surface area is 316 Å². The van der Waals surface area contributed by atoms with Crippen LogP contribution in [0.5, 0.6) is 0 Å². The molecule has 0 aliphatic rings. The van der Waals surface area contributed by atoms with Crippen molar-refractivity contribution in [1.29, 1.82) is 10.5 Å². The highest BCUT2D eigenvalue weighted by Gasteiger charge is 2.21. The summed E-state index contributed by atoms with van der Waals surface area (Å²) in [6.45, 7) is 0. The topological polar surface area (TPSA) is 62.4 Å². The molecule has 0 saturated carbocycles. The van der Waals surface area contributed by atoms with Gasteiger partial charge in [0.2, 0.25) is 0 Å². The molecule has 5 nitrogen and oxygen atoms in total. The molecule has 11 rings (SSSR count). The number of nitrogens with zero attached hydrogens (tertiary/aromatic N) is 5. The Bertz CT molecular complexity index is 3420. The molecule has 0 radical (unpaired) electrons. The predicted molar refractivity (Wildman–Crippen MR) is 224 cm³/mol. The maximum Gasteiger partial charge on any atom is 0.101 e. The minimum absolute atomic E-state index is 0.551. The molecule has 0 unspecified atom stereocenters. The first-order valence-electron chi connectivity index (χ1n) is 18.3. The molecule has 0 aliphatic carbocycles. The van der Waals surface area contributed by atoms with E-state index in [-0.39, 0.29) is 0 Å². The first kappa shape index (κ1) is 30.7. The minimum Gasteiger partial charge on any atom is -0.309 e. The number of para-hydroxylation sites is 5. The predicted octanol–water partition coefficient (Wildman–Crippen LogP) is 12.4. The average Bonchev–Trinajstić information content (AvgIpc) is 3.89. The molecule has 55 heavy (non-hydrogen) atoms. The van der Waals surface area contributed by atoms with Crippen molar-refractivity contribution in [2.24, 2.45) is 0 Å². The smallest absolute Gasteiger partial charge is 0.101 e. The first-order chi connectivity index (χ1) is 27.2. The lowest BCUT2D eigenvalue weighted by molar-refractivity contribution is 1.16. The summed E-state index contributed by atoms with van der Waals surface area (Å²) in [5.74, 6) is 0. The van der Waals surface area contributed by atoms with Crippen LogP contribution < -0.4 is 0 Å². The maximum atomic E-state index is 10.7. The molecule has 0 aliphatic heterocycles. The summed E-state index contributed by atoms with van der Waals surface area (Å²) >= 11 is 0. The van der Waals surface area contributed by atoms with Gasteiger partial charge in [0.1, 0.15) is 6.07 Å². The molecule has 0 spiro atoms. The molecule has 3 aromatic heterocycles. The lowest BCUT2D eigenvalue weighted by atomic mass is 10.00. The van der Waals surface area contributed by atoms with Crippen LogP contribution >= 0.6 is 0 Å². The lowest BCUT2D eigenvalue weighted by Gasteiger charge is -2.16. The highest BCUT2D eigenvalue weighted by atomic mass is 15.0. The van der Waals surface area contributed by atoms with E-state index in [1.807, 2.05) is 48.5 Å². The second-order valence-electron chi connectivity index (χ2n) is 13.9. The highest BCUT2D eigenvalue weighted by molar-refractivity contribution is 6.13. The van der Waals surface area contributed by atoms with Gasteiger partial charge in [-0.2, -0.15) is 10.5 Å². The molecule has 0 saturated heterocycles. The third kappa shape index (κ3) is 4.39. The summed E-state index contributed by atoms with van der Waals surface area (Å²) < 4.78 is 6.83. The van der Waals surface area contributed by atoms with E-state index in [1.165, 1.54) is 32.6 Å². The Morgan fingerprint density at radius 3 is 1.56 bits per heavy atom. The van der Waals surface area contributed by atoms with Crippen molar-refractivity contribution in [3.8, 4) is 40.3 Å². The molecule has 5 heteroatoms.